The molecule has 3 aromatic rings. The first kappa shape index (κ1) is 25.9. The smallest absolute Gasteiger partial charge is 0.347 e. The van der Waals surface area contributed by atoms with Crippen molar-refractivity contribution in [3.8, 4) is 5.75 Å². The fourth-order valence-electron chi connectivity index (χ4n) is 4.41. The Morgan fingerprint density at radius 3 is 1.85 bits per heavy atom. The number of likely N-dealkylation sites (N-methyl/N-ethyl adjacent to an activating group) is 1. The van der Waals surface area contributed by atoms with Gasteiger partial charge in [-0.15, -0.1) is 0 Å². The monoisotopic (exact) mass is 525 g/mol. The molecule has 1 aliphatic heterocycles. The number of hydrogen-bond acceptors (Lipinski definition) is 4. The van der Waals surface area contributed by atoms with E-state index in [1.165, 1.54) is 0 Å². The maximum Gasteiger partial charge on any atom is 0.347 e. The first-order valence-corrected chi connectivity index (χ1v) is 11.6. The van der Waals surface area contributed by atoms with Gasteiger partial charge in [-0.3, -0.25) is 0 Å². The lowest BCUT2D eigenvalue weighted by Gasteiger charge is -2.40. The Labute approximate surface area is 212 Å². The predicted molar refractivity (Wildman–Crippen MR) is 128 cm³/mol. The highest BCUT2D eigenvalue weighted by Gasteiger charge is 2.43. The molecule has 0 spiro atoms. The van der Waals surface area contributed by atoms with Gasteiger partial charge in [0.2, 0.25) is 5.60 Å². The third-order valence-corrected chi connectivity index (χ3v) is 6.58. The van der Waals surface area contributed by atoms with Crippen LogP contribution < -0.4 is 21.7 Å². The predicted octanol–water partition coefficient (Wildman–Crippen LogP) is 1.16. The van der Waals surface area contributed by atoms with Gasteiger partial charge >= 0.3 is 5.97 Å². The second-order valence-electron chi connectivity index (χ2n) is 9.00. The van der Waals surface area contributed by atoms with E-state index in [1.807, 2.05) is 66.7 Å². The molecule has 1 fully saturated rings. The highest BCUT2D eigenvalue weighted by Crippen LogP contribution is 2.32. The Morgan fingerprint density at radius 2 is 1.35 bits per heavy atom. The van der Waals surface area contributed by atoms with E-state index >= 15 is 0 Å². The molecule has 0 unspecified atom stereocenters. The number of piperidine rings is 1. The van der Waals surface area contributed by atoms with Crippen molar-refractivity contribution in [3.63, 3.8) is 0 Å². The molecule has 1 saturated heterocycles. The first-order valence-electron chi connectivity index (χ1n) is 11.6. The molecule has 0 bridgehead atoms. The summed E-state index contributed by atoms with van der Waals surface area (Å²) in [6.07, 6.45) is 1.30. The molecule has 0 radical (unpaired) electrons. The fraction of sp³-hybridized carbons (Fsp3) is 0.321. The summed E-state index contributed by atoms with van der Waals surface area (Å²) in [5, 5.41) is 11.6. The van der Waals surface area contributed by atoms with Crippen molar-refractivity contribution in [2.24, 2.45) is 0 Å². The summed E-state index contributed by atoms with van der Waals surface area (Å²) in [6.45, 7) is 3.33. The summed E-state index contributed by atoms with van der Waals surface area (Å²) >= 11 is 0. The van der Waals surface area contributed by atoms with E-state index in [-0.39, 0.29) is 23.1 Å². The number of para-hydroxylation sites is 1. The van der Waals surface area contributed by atoms with E-state index in [9.17, 15) is 9.90 Å². The minimum atomic E-state index is -1.83. The molecule has 34 heavy (non-hydrogen) atoms. The minimum Gasteiger partial charge on any atom is -1.00 e. The number of benzene rings is 3. The summed E-state index contributed by atoms with van der Waals surface area (Å²) in [4.78, 5) is 13.3. The number of hydrogen-bond donors (Lipinski definition) is 1. The van der Waals surface area contributed by atoms with Gasteiger partial charge in [0.25, 0.3) is 0 Å². The van der Waals surface area contributed by atoms with Crippen LogP contribution in [0.1, 0.15) is 24.0 Å². The lowest BCUT2D eigenvalue weighted by Crippen LogP contribution is -3.00. The number of ether oxygens (including phenoxy) is 2. The highest BCUT2D eigenvalue weighted by molar-refractivity contribution is 5.85. The number of nitrogens with zero attached hydrogens (tertiary/aromatic N) is 1. The number of quaternary nitrogens is 1. The molecular formula is C28H32BrNO4. The van der Waals surface area contributed by atoms with Gasteiger partial charge in [0.05, 0.1) is 20.1 Å². The molecule has 4 rings (SSSR count). The number of esters is 1. The fourth-order valence-corrected chi connectivity index (χ4v) is 4.41. The van der Waals surface area contributed by atoms with Gasteiger partial charge in [-0.05, 0) is 23.3 Å². The molecule has 1 aliphatic rings. The van der Waals surface area contributed by atoms with Crippen LogP contribution in [0.3, 0.4) is 0 Å². The largest absolute Gasteiger partial charge is 1.00 e. The van der Waals surface area contributed by atoms with E-state index in [0.29, 0.717) is 17.7 Å². The zero-order chi connectivity index (χ0) is 23.2. The number of likely N-dealkylation sites (tertiary alicyclic amines) is 1. The molecule has 0 aromatic heterocycles. The average Bonchev–Trinajstić information content (AvgIpc) is 2.87. The van der Waals surface area contributed by atoms with Gasteiger partial charge in [0, 0.05) is 12.8 Å². The average molecular weight is 526 g/mol. The molecule has 0 aliphatic carbocycles. The Morgan fingerprint density at radius 1 is 0.882 bits per heavy atom. The molecule has 6 heteroatoms. The van der Waals surface area contributed by atoms with Crippen LogP contribution in [0.4, 0.5) is 0 Å². The molecular weight excluding hydrogens is 494 g/mol. The third kappa shape index (κ3) is 6.06. The highest BCUT2D eigenvalue weighted by atomic mass is 79.9. The molecule has 180 valence electrons. The second-order valence-corrected chi connectivity index (χ2v) is 9.00. The molecule has 0 saturated carbocycles. The van der Waals surface area contributed by atoms with Crippen LogP contribution in [0.15, 0.2) is 91.0 Å². The number of carbonyl (C=O) groups is 1. The number of carbonyl (C=O) groups excluding carboxylic acids is 1. The third-order valence-electron chi connectivity index (χ3n) is 6.58. The Kier molecular flexibility index (Phi) is 8.89. The minimum absolute atomic E-state index is 0. The number of aliphatic hydroxyl groups is 1. The summed E-state index contributed by atoms with van der Waals surface area (Å²) in [5.41, 5.74) is -0.812. The summed E-state index contributed by atoms with van der Waals surface area (Å²) in [6, 6.07) is 27.9. The van der Waals surface area contributed by atoms with E-state index in [2.05, 4.69) is 7.05 Å². The van der Waals surface area contributed by atoms with Crippen molar-refractivity contribution in [1.29, 1.82) is 0 Å². The maximum atomic E-state index is 13.3. The van der Waals surface area contributed by atoms with Crippen molar-refractivity contribution in [1.82, 2.24) is 0 Å². The van der Waals surface area contributed by atoms with Crippen LogP contribution in [0, 0.1) is 0 Å². The van der Waals surface area contributed by atoms with Gasteiger partial charge < -0.3 is 36.0 Å². The Hall–Kier alpha value is -2.67. The lowest BCUT2D eigenvalue weighted by molar-refractivity contribution is -0.915. The van der Waals surface area contributed by atoms with E-state index < -0.39 is 11.6 Å². The van der Waals surface area contributed by atoms with E-state index in [4.69, 9.17) is 9.47 Å². The normalized spacial score (nSPS) is 20.1. The quantitative estimate of drug-likeness (QED) is 0.354. The zero-order valence-electron chi connectivity index (χ0n) is 19.5. The van der Waals surface area contributed by atoms with Crippen LogP contribution >= 0.6 is 0 Å². The van der Waals surface area contributed by atoms with Crippen molar-refractivity contribution in [3.05, 3.63) is 102 Å². The van der Waals surface area contributed by atoms with Gasteiger partial charge in [0.15, 0.2) is 0 Å². The molecule has 5 nitrogen and oxygen atoms in total. The van der Waals surface area contributed by atoms with Crippen LogP contribution in [-0.2, 0) is 15.1 Å². The van der Waals surface area contributed by atoms with Crippen molar-refractivity contribution >= 4 is 5.97 Å². The Bertz CT molecular complexity index is 983. The second kappa shape index (κ2) is 11.6. The van der Waals surface area contributed by atoms with Gasteiger partial charge in [0.1, 0.15) is 25.0 Å². The van der Waals surface area contributed by atoms with Gasteiger partial charge in [-0.2, -0.15) is 0 Å². The Balaban J connectivity index is 0.00000324. The molecule has 0 amide bonds. The molecule has 1 N–H and O–H groups in total. The van der Waals surface area contributed by atoms with Crippen LogP contribution in [-0.4, -0.2) is 55.0 Å². The van der Waals surface area contributed by atoms with Crippen molar-refractivity contribution in [2.45, 2.75) is 24.5 Å². The lowest BCUT2D eigenvalue weighted by atomic mass is 9.86. The zero-order valence-corrected chi connectivity index (χ0v) is 21.1. The number of halogens is 1. The van der Waals surface area contributed by atoms with Gasteiger partial charge in [-0.1, -0.05) is 78.9 Å². The van der Waals surface area contributed by atoms with Crippen molar-refractivity contribution < 1.29 is 40.8 Å². The van der Waals surface area contributed by atoms with E-state index in [1.54, 1.807) is 24.3 Å². The van der Waals surface area contributed by atoms with Crippen molar-refractivity contribution in [2.75, 3.05) is 33.3 Å². The van der Waals surface area contributed by atoms with Gasteiger partial charge in [-0.25, -0.2) is 4.79 Å². The summed E-state index contributed by atoms with van der Waals surface area (Å²) in [7, 11) is 2.22. The standard InChI is InChI=1S/C28H32NO4.BrH/c1-29(21-22-32-25-15-9-4-10-16-25)19-17-26(18-20-29)33-27(30)28(31,23-11-5-2-6-12-23)24-13-7-3-8-14-24;/h2-16,26,31H,17-22H2,1H3;1H/q+1;/p-1. The van der Waals surface area contributed by atoms with Crippen LogP contribution in [0.2, 0.25) is 0 Å². The van der Waals surface area contributed by atoms with Crippen LogP contribution in [0.25, 0.3) is 0 Å². The SMILES string of the molecule is C[N+]1(CCOc2ccccc2)CCC(OC(=O)C(O)(c2ccccc2)c2ccccc2)CC1.[Br-]. The summed E-state index contributed by atoms with van der Waals surface area (Å²) < 4.78 is 12.7. The molecule has 1 heterocycles. The maximum absolute atomic E-state index is 13.3. The number of rotatable bonds is 8. The van der Waals surface area contributed by atoms with E-state index in [0.717, 1.165) is 42.7 Å². The van der Waals surface area contributed by atoms with Crippen LogP contribution in [0.5, 0.6) is 5.75 Å². The molecule has 3 aromatic carbocycles. The topological polar surface area (TPSA) is 55.8 Å². The summed E-state index contributed by atoms with van der Waals surface area (Å²) in [5.74, 6) is 0.266. The first-order chi connectivity index (χ1) is 16.0. The molecule has 0 atom stereocenters.